The number of para-hydroxylation sites is 1. The number of fused-ring (bicyclic) bond motifs is 2. The number of rotatable bonds is 6. The summed E-state index contributed by atoms with van der Waals surface area (Å²) in [6, 6.07) is 13.2. The Hall–Kier alpha value is -2.61. The van der Waals surface area contributed by atoms with Gasteiger partial charge in [0.25, 0.3) is 0 Å². The van der Waals surface area contributed by atoms with Gasteiger partial charge in [-0.15, -0.1) is 0 Å². The van der Waals surface area contributed by atoms with E-state index in [9.17, 15) is 9.90 Å². The van der Waals surface area contributed by atoms with Crippen LogP contribution in [-0.2, 0) is 9.53 Å². The van der Waals surface area contributed by atoms with Gasteiger partial charge in [0.15, 0.2) is 5.75 Å². The molecule has 2 aromatic rings. The Balaban J connectivity index is 1.58. The zero-order valence-corrected chi connectivity index (χ0v) is 21.5. The maximum atomic E-state index is 13.1. The number of aliphatic hydroxyl groups is 1. The summed E-state index contributed by atoms with van der Waals surface area (Å²) in [6.45, 7) is 9.29. The minimum absolute atomic E-state index is 0.103. The number of esters is 1. The van der Waals surface area contributed by atoms with Crippen LogP contribution in [0.1, 0.15) is 46.1 Å². The number of carbonyl (C=O) groups excluding carboxylic acids is 1. The number of nitrogens with one attached hydrogen (secondary N) is 1. The Kier molecular flexibility index (Phi) is 7.69. The molecule has 8 heteroatoms. The molecule has 0 bridgehead atoms. The normalized spacial score (nSPS) is 19.4. The van der Waals surface area contributed by atoms with E-state index in [0.29, 0.717) is 42.4 Å². The summed E-state index contributed by atoms with van der Waals surface area (Å²) in [5, 5.41) is 14.2. The Morgan fingerprint density at radius 3 is 2.83 bits per heavy atom. The van der Waals surface area contributed by atoms with E-state index in [2.05, 4.69) is 10.2 Å². The second kappa shape index (κ2) is 10.6. The number of hydrogen-bond donors (Lipinski definition) is 2. The predicted molar refractivity (Wildman–Crippen MR) is 138 cm³/mol. The third kappa shape index (κ3) is 6.15. The molecular weight excluding hydrogens is 466 g/mol. The summed E-state index contributed by atoms with van der Waals surface area (Å²) in [4.78, 5) is 20.3. The van der Waals surface area contributed by atoms with Crippen LogP contribution in [0.5, 0.6) is 11.5 Å². The molecule has 0 aromatic heterocycles. The Labute approximate surface area is 212 Å². The van der Waals surface area contributed by atoms with Gasteiger partial charge >= 0.3 is 5.97 Å². The Morgan fingerprint density at radius 2 is 2.09 bits per heavy atom. The van der Waals surface area contributed by atoms with Crippen molar-refractivity contribution in [2.45, 2.75) is 58.3 Å². The number of halogens is 1. The fourth-order valence-electron chi connectivity index (χ4n) is 4.82. The number of benzene rings is 2. The Bertz CT molecular complexity index is 1100. The van der Waals surface area contributed by atoms with Crippen LogP contribution in [0, 0.1) is 5.92 Å². The zero-order valence-electron chi connectivity index (χ0n) is 20.8. The van der Waals surface area contributed by atoms with Crippen molar-refractivity contribution >= 4 is 29.1 Å². The number of ether oxygens (including phenoxy) is 2. The van der Waals surface area contributed by atoms with Crippen LogP contribution in [0.2, 0.25) is 5.02 Å². The van der Waals surface area contributed by atoms with Gasteiger partial charge in [0.2, 0.25) is 0 Å². The smallest absolute Gasteiger partial charge is 0.310 e. The third-order valence-corrected chi connectivity index (χ3v) is 6.57. The van der Waals surface area contributed by atoms with Gasteiger partial charge in [0.1, 0.15) is 23.4 Å². The van der Waals surface area contributed by atoms with E-state index in [4.69, 9.17) is 26.1 Å². The predicted octanol–water partition coefficient (Wildman–Crippen LogP) is 4.92. The van der Waals surface area contributed by atoms with Crippen molar-refractivity contribution in [3.05, 3.63) is 53.1 Å². The first-order valence-corrected chi connectivity index (χ1v) is 12.6. The van der Waals surface area contributed by atoms with Gasteiger partial charge in [0.05, 0.1) is 17.1 Å². The summed E-state index contributed by atoms with van der Waals surface area (Å²) in [7, 11) is 0. The number of hydrogen-bond acceptors (Lipinski definition) is 7. The Morgan fingerprint density at radius 1 is 1.31 bits per heavy atom. The van der Waals surface area contributed by atoms with Crippen LogP contribution in [0.25, 0.3) is 0 Å². The van der Waals surface area contributed by atoms with Crippen molar-refractivity contribution in [2.24, 2.45) is 10.9 Å². The van der Waals surface area contributed by atoms with E-state index >= 15 is 0 Å². The van der Waals surface area contributed by atoms with Crippen LogP contribution in [-0.4, -0.2) is 59.2 Å². The van der Waals surface area contributed by atoms with Gasteiger partial charge in [0, 0.05) is 37.1 Å². The quantitative estimate of drug-likeness (QED) is 0.549. The minimum Gasteiger partial charge on any atom is -0.462 e. The lowest BCUT2D eigenvalue weighted by Crippen LogP contribution is -2.57. The van der Waals surface area contributed by atoms with E-state index in [-0.39, 0.29) is 24.0 Å². The molecule has 0 saturated carbocycles. The highest BCUT2D eigenvalue weighted by Gasteiger charge is 2.35. The highest BCUT2D eigenvalue weighted by atomic mass is 35.5. The first-order chi connectivity index (χ1) is 16.6. The summed E-state index contributed by atoms with van der Waals surface area (Å²) < 4.78 is 11.9. The molecule has 1 fully saturated rings. The lowest BCUT2D eigenvalue weighted by Gasteiger charge is -2.38. The molecule has 2 heterocycles. The van der Waals surface area contributed by atoms with Gasteiger partial charge < -0.3 is 24.8 Å². The average molecular weight is 500 g/mol. The fourth-order valence-corrected chi connectivity index (χ4v) is 4.99. The molecule has 0 radical (unpaired) electrons. The van der Waals surface area contributed by atoms with Crippen molar-refractivity contribution in [1.82, 2.24) is 10.2 Å². The van der Waals surface area contributed by atoms with Crippen molar-refractivity contribution < 1.29 is 19.4 Å². The lowest BCUT2D eigenvalue weighted by atomic mass is 9.94. The molecule has 2 aliphatic heterocycles. The van der Waals surface area contributed by atoms with Crippen molar-refractivity contribution in [1.29, 1.82) is 0 Å². The first-order valence-electron chi connectivity index (χ1n) is 12.2. The summed E-state index contributed by atoms with van der Waals surface area (Å²) in [5.74, 6) is 1.62. The van der Waals surface area contributed by atoms with Crippen molar-refractivity contribution in [3.63, 3.8) is 0 Å². The van der Waals surface area contributed by atoms with Crippen LogP contribution < -0.4 is 10.1 Å². The number of piperazine rings is 1. The van der Waals surface area contributed by atoms with E-state index in [0.717, 1.165) is 23.7 Å². The SMILES string of the molecule is CC[C@H](C(=O)O[C@H](C)CC(C)(C)O)[C@@H]1CN(C2=Nc3cc(Cl)ccc3Oc3ccccc32)CCN1. The molecule has 35 heavy (non-hydrogen) atoms. The second-order valence-corrected chi connectivity index (χ2v) is 10.4. The van der Waals surface area contributed by atoms with Crippen LogP contribution >= 0.6 is 11.6 Å². The van der Waals surface area contributed by atoms with Gasteiger partial charge in [-0.25, -0.2) is 4.99 Å². The minimum atomic E-state index is -0.895. The maximum absolute atomic E-state index is 13.1. The van der Waals surface area contributed by atoms with Crippen LogP contribution in [0.15, 0.2) is 47.5 Å². The first kappa shape index (κ1) is 25.5. The average Bonchev–Trinajstić information content (AvgIpc) is 2.95. The molecular formula is C27H34ClN3O4. The third-order valence-electron chi connectivity index (χ3n) is 6.33. The number of nitrogens with zero attached hydrogens (tertiary/aromatic N) is 2. The van der Waals surface area contributed by atoms with E-state index < -0.39 is 5.60 Å². The standard InChI is InChI=1S/C27H34ClN3O4/c1-5-19(26(32)34-17(2)15-27(3,4)33)22-16-31(13-12-29-22)25-20-8-6-7-9-23(20)35-24-11-10-18(28)14-21(24)30-25/h6-11,14,17,19,22,29,33H,5,12-13,15-16H2,1-4H3/t17-,19+,22+/m1/s1. The molecule has 2 N–H and O–H groups in total. The largest absolute Gasteiger partial charge is 0.462 e. The molecule has 3 atom stereocenters. The molecule has 0 spiro atoms. The van der Waals surface area contributed by atoms with E-state index in [1.165, 1.54) is 0 Å². The molecule has 0 unspecified atom stereocenters. The van der Waals surface area contributed by atoms with Gasteiger partial charge in [-0.1, -0.05) is 30.7 Å². The topological polar surface area (TPSA) is 83.4 Å². The molecule has 4 rings (SSSR count). The fraction of sp³-hybridized carbons (Fsp3) is 0.481. The summed E-state index contributed by atoms with van der Waals surface area (Å²) in [5.41, 5.74) is 0.675. The second-order valence-electron chi connectivity index (χ2n) is 9.93. The number of aliphatic imine (C=N–C) groups is 1. The molecule has 7 nitrogen and oxygen atoms in total. The van der Waals surface area contributed by atoms with Gasteiger partial charge in [-0.2, -0.15) is 0 Å². The maximum Gasteiger partial charge on any atom is 0.310 e. The molecule has 1 saturated heterocycles. The highest BCUT2D eigenvalue weighted by Crippen LogP contribution is 2.39. The highest BCUT2D eigenvalue weighted by molar-refractivity contribution is 6.31. The van der Waals surface area contributed by atoms with Crippen LogP contribution in [0.3, 0.4) is 0 Å². The van der Waals surface area contributed by atoms with Crippen molar-refractivity contribution in [2.75, 3.05) is 19.6 Å². The monoisotopic (exact) mass is 499 g/mol. The van der Waals surface area contributed by atoms with Crippen molar-refractivity contribution in [3.8, 4) is 11.5 Å². The van der Waals surface area contributed by atoms with E-state index in [1.54, 1.807) is 26.0 Å². The van der Waals surface area contributed by atoms with Gasteiger partial charge in [-0.3, -0.25) is 4.79 Å². The summed E-state index contributed by atoms with van der Waals surface area (Å²) in [6.07, 6.45) is 0.659. The van der Waals surface area contributed by atoms with Gasteiger partial charge in [-0.05, 0) is 57.5 Å². The number of amidine groups is 1. The molecule has 2 aromatic carbocycles. The molecule has 2 aliphatic rings. The lowest BCUT2D eigenvalue weighted by molar-refractivity contribution is -0.157. The zero-order chi connectivity index (χ0) is 25.2. The summed E-state index contributed by atoms with van der Waals surface area (Å²) >= 11 is 6.26. The molecule has 188 valence electrons. The van der Waals surface area contributed by atoms with Crippen LogP contribution in [0.4, 0.5) is 5.69 Å². The molecule has 0 aliphatic carbocycles. The van der Waals surface area contributed by atoms with E-state index in [1.807, 2.05) is 44.2 Å². The number of carbonyl (C=O) groups is 1. The molecule has 0 amide bonds.